The van der Waals surface area contributed by atoms with E-state index in [0.717, 1.165) is 0 Å². The van der Waals surface area contributed by atoms with Crippen LogP contribution in [0.1, 0.15) is 149 Å². The molecule has 0 aromatic heterocycles. The largest absolute Gasteiger partial charge is 0.0776 e. The predicted molar refractivity (Wildman–Crippen MR) is 228 cm³/mol. The Hall–Kier alpha value is 0.844. The van der Waals surface area contributed by atoms with E-state index in [9.17, 15) is 0 Å². The minimum Gasteiger partial charge on any atom is -0.0776 e. The minimum absolute atomic E-state index is 0. The van der Waals surface area contributed by atoms with Gasteiger partial charge in [0, 0.05) is 109 Å². The fourth-order valence-corrected chi connectivity index (χ4v) is 0. The molecule has 0 unspecified atom stereocenters. The third-order valence-corrected chi connectivity index (χ3v) is 0. The molecule has 0 fully saturated rings. The van der Waals surface area contributed by atoms with Crippen molar-refractivity contribution in [1.82, 2.24) is 0 Å². The third kappa shape index (κ3) is 43800. The first kappa shape index (κ1) is 190. The summed E-state index contributed by atoms with van der Waals surface area (Å²) in [5.41, 5.74) is 0. The van der Waals surface area contributed by atoms with E-state index in [1.54, 1.807) is 0 Å². The van der Waals surface area contributed by atoms with Crippen molar-refractivity contribution >= 4 is 109 Å². The van der Waals surface area contributed by atoms with E-state index in [1.165, 1.54) is 0 Å². The summed E-state index contributed by atoms with van der Waals surface area (Å²) in [5, 5.41) is 0. The van der Waals surface area contributed by atoms with Crippen molar-refractivity contribution in [2.75, 3.05) is 0 Å². The lowest BCUT2D eigenvalue weighted by atomic mass is 10.8. The average molecular weight is 488 g/mol. The Morgan fingerprint density at radius 3 is 0.121 bits per heavy atom. The van der Waals surface area contributed by atoms with Gasteiger partial charge in [0.2, 0.25) is 0 Å². The Kier molecular flexibility index (Phi) is 270000. The highest BCUT2D eigenvalue weighted by Gasteiger charge is 0.0523. The van der Waals surface area contributed by atoms with Gasteiger partial charge in [-0.25, -0.2) is 0 Å². The molecule has 33 heavy (non-hydrogen) atoms. The summed E-state index contributed by atoms with van der Waals surface area (Å²) in [5.74, 6) is 0. The molecule has 0 aliphatic rings. The van der Waals surface area contributed by atoms with Gasteiger partial charge in [0.1, 0.15) is 0 Å². The molecule has 0 spiro atoms. The van der Waals surface area contributed by atoms with Gasteiger partial charge in [0.25, 0.3) is 0 Å². The van der Waals surface area contributed by atoms with Crippen LogP contribution in [0.5, 0.6) is 0 Å². The monoisotopic (exact) mass is 490 g/mol. The molecule has 0 aromatic rings. The second-order valence-corrected chi connectivity index (χ2v) is 0. The van der Waals surface area contributed by atoms with Crippen LogP contribution in [-0.4, -0.2) is 126 Å². The van der Waals surface area contributed by atoms with Gasteiger partial charge < -0.3 is 0 Å². The van der Waals surface area contributed by atoms with Crippen LogP contribution >= 0.6 is 0 Å². The predicted octanol–water partition coefficient (Wildman–Crippen LogP) is 4.29. The van der Waals surface area contributed by atoms with Crippen LogP contribution in [0.15, 0.2) is 0 Å². The highest BCUT2D eigenvalue weighted by molar-refractivity contribution is 5.77. The zero-order valence-electron chi connectivity index (χ0n) is 20.5. The fraction of sp³-hybridized carbons (Fsp3) is 1.00. The van der Waals surface area contributed by atoms with Crippen LogP contribution in [0.2, 0.25) is 0 Å². The van der Waals surface area contributed by atoms with Crippen molar-refractivity contribution in [3.63, 3.8) is 0 Å². The lowest BCUT2D eigenvalue weighted by Gasteiger charge is -0.0786. The van der Waals surface area contributed by atoms with Crippen molar-refractivity contribution in [2.45, 2.75) is 149 Å². The van der Waals surface area contributed by atoms with Gasteiger partial charge in [-0.1, -0.05) is 149 Å². The van der Waals surface area contributed by atoms with Crippen molar-refractivity contribution in [3.05, 3.63) is 0 Å². The highest BCUT2D eigenvalue weighted by atomic mass is 12.0. The molecular weight excluding hydrogens is 381 g/mol. The first-order valence-corrected chi connectivity index (χ1v) is 0. The summed E-state index contributed by atoms with van der Waals surface area (Å²) in [7, 11) is 48.8. The molecule has 13 heteroatoms. The second kappa shape index (κ2) is 46700. The molecule has 0 amide bonds. The molecule has 0 heterocycles. The minimum atomic E-state index is 0. The van der Waals surface area contributed by atoms with Crippen LogP contribution in [0.3, 0.4) is 0 Å². The Bertz CT molecular complexity index is 71.4. The number of rotatable bonds is 0. The SMILES string of the molecule is C.C.C.C.C.C.C.C.C.C.C.C.C.C.C.C.C.C.C.C.[2H][B].[2H][B].[2H][B].[2H][B].[2H][B].[2H][B].[2H][B].[2H][B].[2H][B].[2H][B].[2H][B].[2H][B].[2H][B]. The van der Waals surface area contributed by atoms with E-state index < -0.39 is 0 Å². The van der Waals surface area contributed by atoms with Crippen molar-refractivity contribution < 1.29 is 0 Å². The molecule has 0 atom stereocenters. The molecule has 0 aromatic carbocycles. The summed E-state index contributed by atoms with van der Waals surface area (Å²) in [4.78, 5) is 0. The summed E-state index contributed by atoms with van der Waals surface area (Å²) >= 11 is 0. The Labute approximate surface area is 275 Å². The third-order valence-electron chi connectivity index (χ3n) is 0. The highest BCUT2D eigenvalue weighted by Crippen LogP contribution is 0.164. The maximum absolute atomic E-state index is 5.25. The molecule has 0 bridgehead atoms. The summed E-state index contributed by atoms with van der Waals surface area (Å²) in [6.45, 7) is 0. The van der Waals surface area contributed by atoms with E-state index in [4.69, 9.17) is 17.4 Å². The quantitative estimate of drug-likeness (QED) is 0.447. The van der Waals surface area contributed by atoms with Crippen LogP contribution in [-0.2, 0) is 0 Å². The van der Waals surface area contributed by atoms with Crippen molar-refractivity contribution in [3.8, 4) is 0 Å². The van der Waals surface area contributed by atoms with Crippen LogP contribution < -0.4 is 0 Å². The topological polar surface area (TPSA) is 0 Å². The summed E-state index contributed by atoms with van der Waals surface area (Å²) < 4.78 is 68.2. The van der Waals surface area contributed by atoms with Gasteiger partial charge in [-0.2, -0.15) is 0 Å². The van der Waals surface area contributed by atoms with Gasteiger partial charge in [0.15, 0.2) is 0 Å². The van der Waals surface area contributed by atoms with Crippen molar-refractivity contribution in [1.29, 1.82) is 17.4 Å². The normalized spacial score (nSPS) is 2.36. The molecule has 0 rings (SSSR count). The van der Waals surface area contributed by atoms with E-state index in [2.05, 4.69) is 109 Å². The van der Waals surface area contributed by atoms with Gasteiger partial charge in [-0.3, -0.25) is 0 Å². The Morgan fingerprint density at radius 2 is 0.121 bits per heavy atom. The average Bonchev–Trinajstić information content (AvgIpc) is 2.90. The molecule has 0 N–H and O–H groups in total. The van der Waals surface area contributed by atoms with Gasteiger partial charge in [-0.15, -0.1) is 0 Å². The zero-order chi connectivity index (χ0) is 26.0. The summed E-state index contributed by atoms with van der Waals surface area (Å²) in [6, 6.07) is 0. The summed E-state index contributed by atoms with van der Waals surface area (Å²) in [6.07, 6.45) is 0. The molecule has 212 valence electrons. The van der Waals surface area contributed by atoms with Gasteiger partial charge in [0.05, 0.1) is 0 Å². The molecule has 26 radical (unpaired) electrons. The van der Waals surface area contributed by atoms with Gasteiger partial charge >= 0.3 is 0 Å². The maximum atomic E-state index is 5.25. The van der Waals surface area contributed by atoms with E-state index in [0.29, 0.717) is 0 Å². The lowest BCUT2D eigenvalue weighted by Crippen LogP contribution is -0.382. The number of hydrogen-bond donors (Lipinski definition) is 0. The zero-order valence-corrected chi connectivity index (χ0v) is 7.51. The first-order chi connectivity index (χ1) is 13.0. The molecule has 0 nitrogen and oxygen atoms in total. The first-order valence-electron chi connectivity index (χ1n) is 7.51. The Morgan fingerprint density at radius 1 is 0.121 bits per heavy atom. The Balaban J connectivity index is -0.00000000124. The molecule has 0 aliphatic heterocycles. The molecule has 0 saturated carbocycles. The smallest absolute Gasteiger partial charge is 0.0379 e. The van der Waals surface area contributed by atoms with Crippen LogP contribution in [0.25, 0.3) is 0 Å². The maximum Gasteiger partial charge on any atom is 0.0379 e. The van der Waals surface area contributed by atoms with E-state index >= 15 is 0 Å². The standard InChI is InChI=1S/20CH4.13BH/h20*1H4;13*1H/i;;;;;;;;;;;;;;;;;;;;13*1D. The molecule has 0 saturated heterocycles. The van der Waals surface area contributed by atoms with Crippen LogP contribution in [0.4, 0.5) is 0 Å². The molecular formula is C20H93B13. The fourth-order valence-electron chi connectivity index (χ4n) is 0. The lowest BCUT2D eigenvalue weighted by molar-refractivity contribution is 2.50. The van der Waals surface area contributed by atoms with E-state index in [-0.39, 0.29) is 149 Å². The van der Waals surface area contributed by atoms with Gasteiger partial charge in [-0.05, 0) is 17.4 Å². The second-order valence-electron chi connectivity index (χ2n) is 0. The number of hydrogen-bond acceptors (Lipinski definition) is 0. The van der Waals surface area contributed by atoms with Crippen molar-refractivity contribution in [2.24, 2.45) is 0 Å². The molecule has 0 aliphatic carbocycles. The van der Waals surface area contributed by atoms with Crippen LogP contribution in [0, 0.1) is 0 Å². The van der Waals surface area contributed by atoms with E-state index in [1.807, 2.05) is 0 Å².